The van der Waals surface area contributed by atoms with Crippen molar-refractivity contribution in [2.45, 2.75) is 32.8 Å². The van der Waals surface area contributed by atoms with Crippen molar-refractivity contribution in [2.75, 3.05) is 26.2 Å². The van der Waals surface area contributed by atoms with Gasteiger partial charge in [-0.3, -0.25) is 0 Å². The molecule has 0 heterocycles. The molecule has 0 bridgehead atoms. The number of nitrogens with two attached hydrogens (primary N) is 1. The molecule has 0 saturated carbocycles. The molecular weight excluding hydrogens is 152 g/mol. The number of nitrogens with zero attached hydrogens (tertiary/aromatic N) is 1. The summed E-state index contributed by atoms with van der Waals surface area (Å²) in [5.41, 5.74) is 4.89. The first kappa shape index (κ1) is 11.9. The quantitative estimate of drug-likeness (QED) is 0.614. The Labute approximate surface area is 75.6 Å². The van der Waals surface area contributed by atoms with Crippen molar-refractivity contribution in [1.29, 1.82) is 0 Å². The van der Waals surface area contributed by atoms with Gasteiger partial charge in [-0.05, 0) is 26.8 Å². The lowest BCUT2D eigenvalue weighted by Crippen LogP contribution is -2.34. The smallest absolute Gasteiger partial charge is 0.0603 e. The first-order valence-corrected chi connectivity index (χ1v) is 4.64. The van der Waals surface area contributed by atoms with E-state index in [9.17, 15) is 5.11 Å². The Morgan fingerprint density at radius 1 is 1.33 bits per heavy atom. The monoisotopic (exact) mass is 174 g/mol. The Bertz CT molecular complexity index is 110. The van der Waals surface area contributed by atoms with Crippen LogP contribution in [0, 0.1) is 0 Å². The summed E-state index contributed by atoms with van der Waals surface area (Å²) < 4.78 is 0. The van der Waals surface area contributed by atoms with E-state index in [0.717, 1.165) is 26.1 Å². The molecule has 0 aliphatic heterocycles. The maximum absolute atomic E-state index is 9.47. The van der Waals surface area contributed by atoms with E-state index in [0.29, 0.717) is 6.54 Å². The Balaban J connectivity index is 3.58. The molecule has 0 rings (SSSR count). The highest BCUT2D eigenvalue weighted by Gasteiger charge is 2.13. The SMILES string of the molecule is CCN(CCN)CCC(C)(C)O. The van der Waals surface area contributed by atoms with Gasteiger partial charge >= 0.3 is 0 Å². The zero-order chi connectivity index (χ0) is 9.61. The predicted molar refractivity (Wildman–Crippen MR) is 52.1 cm³/mol. The zero-order valence-electron chi connectivity index (χ0n) is 8.51. The van der Waals surface area contributed by atoms with Crippen LogP contribution in [0.4, 0.5) is 0 Å². The second-order valence-corrected chi connectivity index (χ2v) is 3.79. The number of likely N-dealkylation sites (N-methyl/N-ethyl adjacent to an activating group) is 1. The average Bonchev–Trinajstić information content (AvgIpc) is 1.96. The van der Waals surface area contributed by atoms with Crippen LogP contribution in [0.5, 0.6) is 0 Å². The number of hydrogen-bond acceptors (Lipinski definition) is 3. The molecule has 0 saturated heterocycles. The molecule has 0 radical (unpaired) electrons. The van der Waals surface area contributed by atoms with E-state index in [4.69, 9.17) is 5.73 Å². The molecule has 0 amide bonds. The van der Waals surface area contributed by atoms with Crippen LogP contribution in [0.15, 0.2) is 0 Å². The second-order valence-electron chi connectivity index (χ2n) is 3.79. The lowest BCUT2D eigenvalue weighted by molar-refractivity contribution is 0.0587. The molecule has 3 N–H and O–H groups in total. The molecule has 0 fully saturated rings. The molecule has 0 spiro atoms. The number of aliphatic hydroxyl groups is 1. The van der Waals surface area contributed by atoms with Crippen molar-refractivity contribution >= 4 is 0 Å². The van der Waals surface area contributed by atoms with E-state index in [1.165, 1.54) is 0 Å². The Hall–Kier alpha value is -0.120. The minimum Gasteiger partial charge on any atom is -0.390 e. The van der Waals surface area contributed by atoms with E-state index < -0.39 is 5.60 Å². The van der Waals surface area contributed by atoms with Crippen LogP contribution >= 0.6 is 0 Å². The van der Waals surface area contributed by atoms with E-state index in [1.807, 2.05) is 13.8 Å². The van der Waals surface area contributed by atoms with Gasteiger partial charge in [0.25, 0.3) is 0 Å². The van der Waals surface area contributed by atoms with Crippen molar-refractivity contribution < 1.29 is 5.11 Å². The van der Waals surface area contributed by atoms with Gasteiger partial charge < -0.3 is 15.7 Å². The summed E-state index contributed by atoms with van der Waals surface area (Å²) in [5, 5.41) is 9.47. The van der Waals surface area contributed by atoms with E-state index in [1.54, 1.807) is 0 Å². The number of rotatable bonds is 6. The van der Waals surface area contributed by atoms with Crippen LogP contribution in [0.2, 0.25) is 0 Å². The molecule has 0 aliphatic carbocycles. The lowest BCUT2D eigenvalue weighted by atomic mass is 10.1. The maximum atomic E-state index is 9.47. The molecule has 3 heteroatoms. The van der Waals surface area contributed by atoms with Crippen LogP contribution in [0.25, 0.3) is 0 Å². The third-order valence-electron chi connectivity index (χ3n) is 1.93. The van der Waals surface area contributed by atoms with E-state index in [-0.39, 0.29) is 0 Å². The summed E-state index contributed by atoms with van der Waals surface area (Å²) in [5.74, 6) is 0. The molecule has 0 atom stereocenters. The summed E-state index contributed by atoms with van der Waals surface area (Å²) in [6.07, 6.45) is 0.806. The fourth-order valence-corrected chi connectivity index (χ4v) is 1.04. The highest BCUT2D eigenvalue weighted by molar-refractivity contribution is 4.68. The molecule has 12 heavy (non-hydrogen) atoms. The maximum Gasteiger partial charge on any atom is 0.0603 e. The zero-order valence-corrected chi connectivity index (χ0v) is 8.51. The van der Waals surface area contributed by atoms with Crippen molar-refractivity contribution in [3.63, 3.8) is 0 Å². The van der Waals surface area contributed by atoms with Gasteiger partial charge in [-0.15, -0.1) is 0 Å². The van der Waals surface area contributed by atoms with Crippen LogP contribution in [-0.2, 0) is 0 Å². The van der Waals surface area contributed by atoms with Crippen molar-refractivity contribution in [3.8, 4) is 0 Å². The van der Waals surface area contributed by atoms with E-state index >= 15 is 0 Å². The van der Waals surface area contributed by atoms with Gasteiger partial charge in [-0.25, -0.2) is 0 Å². The van der Waals surface area contributed by atoms with Gasteiger partial charge in [0.15, 0.2) is 0 Å². The summed E-state index contributed by atoms with van der Waals surface area (Å²) in [6.45, 7) is 9.34. The van der Waals surface area contributed by atoms with Crippen molar-refractivity contribution in [1.82, 2.24) is 4.90 Å². The molecule has 0 aliphatic rings. The topological polar surface area (TPSA) is 49.5 Å². The summed E-state index contributed by atoms with van der Waals surface area (Å²) >= 11 is 0. The van der Waals surface area contributed by atoms with Crippen LogP contribution in [-0.4, -0.2) is 41.8 Å². The fourth-order valence-electron chi connectivity index (χ4n) is 1.04. The van der Waals surface area contributed by atoms with Gasteiger partial charge in [-0.2, -0.15) is 0 Å². The third-order valence-corrected chi connectivity index (χ3v) is 1.93. The Morgan fingerprint density at radius 2 is 1.92 bits per heavy atom. The number of hydrogen-bond donors (Lipinski definition) is 2. The highest BCUT2D eigenvalue weighted by Crippen LogP contribution is 2.07. The van der Waals surface area contributed by atoms with Gasteiger partial charge in [0.05, 0.1) is 5.60 Å². The minimum atomic E-state index is -0.554. The van der Waals surface area contributed by atoms with Crippen LogP contribution in [0.3, 0.4) is 0 Å². The predicted octanol–water partition coefficient (Wildman–Crippen LogP) is 0.428. The average molecular weight is 174 g/mol. The molecule has 0 aromatic heterocycles. The Kier molecular flexibility index (Phi) is 5.46. The molecule has 0 unspecified atom stereocenters. The largest absolute Gasteiger partial charge is 0.390 e. The normalized spacial score (nSPS) is 12.5. The van der Waals surface area contributed by atoms with Crippen LogP contribution < -0.4 is 5.73 Å². The molecular formula is C9H22N2O. The third kappa shape index (κ3) is 6.58. The molecule has 3 nitrogen and oxygen atoms in total. The minimum absolute atomic E-state index is 0.554. The lowest BCUT2D eigenvalue weighted by Gasteiger charge is -2.24. The first-order chi connectivity index (χ1) is 5.49. The van der Waals surface area contributed by atoms with Gasteiger partial charge in [0.2, 0.25) is 0 Å². The summed E-state index contributed by atoms with van der Waals surface area (Å²) in [7, 11) is 0. The van der Waals surface area contributed by atoms with E-state index in [2.05, 4.69) is 11.8 Å². The van der Waals surface area contributed by atoms with Gasteiger partial charge in [0, 0.05) is 19.6 Å². The first-order valence-electron chi connectivity index (χ1n) is 4.64. The molecule has 0 aromatic carbocycles. The standard InChI is InChI=1S/C9H22N2O/c1-4-11(8-6-10)7-5-9(2,3)12/h12H,4-8,10H2,1-3H3. The molecule has 0 aromatic rings. The summed E-state index contributed by atoms with van der Waals surface area (Å²) in [6, 6.07) is 0. The molecule has 74 valence electrons. The van der Waals surface area contributed by atoms with Crippen molar-refractivity contribution in [3.05, 3.63) is 0 Å². The second kappa shape index (κ2) is 5.51. The fraction of sp³-hybridized carbons (Fsp3) is 1.00. The van der Waals surface area contributed by atoms with Gasteiger partial charge in [-0.1, -0.05) is 6.92 Å². The van der Waals surface area contributed by atoms with Gasteiger partial charge in [0.1, 0.15) is 0 Å². The Morgan fingerprint density at radius 3 is 2.25 bits per heavy atom. The van der Waals surface area contributed by atoms with Crippen molar-refractivity contribution in [2.24, 2.45) is 5.73 Å². The summed E-state index contributed by atoms with van der Waals surface area (Å²) in [4.78, 5) is 2.25. The van der Waals surface area contributed by atoms with Crippen LogP contribution in [0.1, 0.15) is 27.2 Å². The highest BCUT2D eigenvalue weighted by atomic mass is 16.3.